The lowest BCUT2D eigenvalue weighted by Crippen LogP contribution is -1.98. The minimum atomic E-state index is -0.403. The normalized spacial score (nSPS) is 11.0. The van der Waals surface area contributed by atoms with Gasteiger partial charge in [-0.05, 0) is 66.4 Å². The molecule has 5 aromatic rings. The van der Waals surface area contributed by atoms with Crippen molar-refractivity contribution in [1.29, 1.82) is 0 Å². The SMILES string of the molecule is COc1cc(/C=N\Nc2nc(-c3ccc(C)cc3C)c(-c3ccc([N+](=O)[O-])cc3)s2)ccc1OCc1ccccc1. The van der Waals surface area contributed by atoms with Gasteiger partial charge in [-0.15, -0.1) is 0 Å². The molecular formula is C32H28N4O4S. The number of nitro benzene ring substituents is 1. The Bertz CT molecular complexity index is 1700. The molecule has 0 atom stereocenters. The van der Waals surface area contributed by atoms with Gasteiger partial charge in [-0.3, -0.25) is 15.5 Å². The summed E-state index contributed by atoms with van der Waals surface area (Å²) in [7, 11) is 1.60. The van der Waals surface area contributed by atoms with Crippen LogP contribution in [0, 0.1) is 24.0 Å². The van der Waals surface area contributed by atoms with Crippen molar-refractivity contribution in [2.45, 2.75) is 20.5 Å². The van der Waals surface area contributed by atoms with E-state index in [2.05, 4.69) is 22.7 Å². The molecule has 0 amide bonds. The van der Waals surface area contributed by atoms with Gasteiger partial charge in [0.05, 0.1) is 28.8 Å². The summed E-state index contributed by atoms with van der Waals surface area (Å²) in [4.78, 5) is 16.5. The predicted octanol–water partition coefficient (Wildman–Crippen LogP) is 8.04. The topological polar surface area (TPSA) is 98.9 Å². The molecule has 0 aliphatic carbocycles. The summed E-state index contributed by atoms with van der Waals surface area (Å²) >= 11 is 1.43. The quantitative estimate of drug-likeness (QED) is 0.105. The number of aromatic nitrogens is 1. The molecule has 9 heteroatoms. The minimum absolute atomic E-state index is 0.0428. The van der Waals surface area contributed by atoms with Crippen LogP contribution < -0.4 is 14.9 Å². The zero-order valence-electron chi connectivity index (χ0n) is 22.8. The van der Waals surface area contributed by atoms with Crippen LogP contribution in [-0.4, -0.2) is 23.2 Å². The van der Waals surface area contributed by atoms with Gasteiger partial charge in [-0.25, -0.2) is 4.98 Å². The first-order valence-electron chi connectivity index (χ1n) is 12.9. The van der Waals surface area contributed by atoms with Crippen molar-refractivity contribution < 1.29 is 14.4 Å². The molecule has 0 fully saturated rings. The molecule has 0 aliphatic rings. The second kappa shape index (κ2) is 12.4. The first kappa shape index (κ1) is 27.5. The van der Waals surface area contributed by atoms with Gasteiger partial charge in [0.15, 0.2) is 11.5 Å². The summed E-state index contributed by atoms with van der Waals surface area (Å²) < 4.78 is 11.5. The summed E-state index contributed by atoms with van der Waals surface area (Å²) in [5.74, 6) is 1.25. The van der Waals surface area contributed by atoms with Crippen molar-refractivity contribution >= 4 is 28.4 Å². The van der Waals surface area contributed by atoms with E-state index in [1.165, 1.54) is 23.5 Å². The van der Waals surface area contributed by atoms with E-state index in [0.29, 0.717) is 23.2 Å². The van der Waals surface area contributed by atoms with E-state index in [9.17, 15) is 10.1 Å². The molecule has 0 saturated heterocycles. The maximum Gasteiger partial charge on any atom is 0.269 e. The standard InChI is InChI=1S/C32H28N4O4S/c1-21-9-15-27(22(2)17-21)30-31(25-11-13-26(14-12-25)36(37)38)41-32(34-30)35-33-19-24-10-16-28(29(18-24)39-3)40-20-23-7-5-4-6-8-23/h4-19H,20H2,1-3H3,(H,34,35)/b33-19-. The summed E-state index contributed by atoms with van der Waals surface area (Å²) in [6.07, 6.45) is 1.69. The van der Waals surface area contributed by atoms with Crippen molar-refractivity contribution in [2.75, 3.05) is 12.5 Å². The highest BCUT2D eigenvalue weighted by atomic mass is 32.1. The molecule has 5 rings (SSSR count). The number of methoxy groups -OCH3 is 1. The highest BCUT2D eigenvalue weighted by molar-refractivity contribution is 7.19. The van der Waals surface area contributed by atoms with Crippen LogP contribution in [0.3, 0.4) is 0 Å². The van der Waals surface area contributed by atoms with Crippen LogP contribution in [0.15, 0.2) is 96.1 Å². The average molecular weight is 565 g/mol. The number of anilines is 1. The molecule has 0 saturated carbocycles. The predicted molar refractivity (Wildman–Crippen MR) is 164 cm³/mol. The lowest BCUT2D eigenvalue weighted by atomic mass is 10.0. The number of hydrazone groups is 1. The zero-order valence-corrected chi connectivity index (χ0v) is 23.6. The maximum atomic E-state index is 11.2. The van der Waals surface area contributed by atoms with Crippen LogP contribution in [0.25, 0.3) is 21.7 Å². The van der Waals surface area contributed by atoms with Crippen molar-refractivity contribution in [3.05, 3.63) is 123 Å². The van der Waals surface area contributed by atoms with E-state index in [4.69, 9.17) is 14.5 Å². The van der Waals surface area contributed by atoms with Crippen molar-refractivity contribution in [3.8, 4) is 33.2 Å². The Morgan fingerprint density at radius 3 is 2.46 bits per heavy atom. The Labute approximate surface area is 242 Å². The number of thiazole rings is 1. The van der Waals surface area contributed by atoms with Crippen LogP contribution in [-0.2, 0) is 6.61 Å². The molecule has 0 aliphatic heterocycles. The van der Waals surface area contributed by atoms with Gasteiger partial charge in [0.1, 0.15) is 6.61 Å². The third-order valence-electron chi connectivity index (χ3n) is 6.40. The van der Waals surface area contributed by atoms with Crippen LogP contribution in [0.1, 0.15) is 22.3 Å². The zero-order chi connectivity index (χ0) is 28.8. The third kappa shape index (κ3) is 6.59. The monoisotopic (exact) mass is 564 g/mol. The molecule has 0 bridgehead atoms. The number of hydrogen-bond acceptors (Lipinski definition) is 8. The molecule has 1 N–H and O–H groups in total. The van der Waals surface area contributed by atoms with Crippen molar-refractivity contribution in [3.63, 3.8) is 0 Å². The lowest BCUT2D eigenvalue weighted by Gasteiger charge is -2.11. The van der Waals surface area contributed by atoms with E-state index < -0.39 is 4.92 Å². The van der Waals surface area contributed by atoms with Gasteiger partial charge in [0.25, 0.3) is 5.69 Å². The average Bonchev–Trinajstić information content (AvgIpc) is 3.40. The molecule has 1 heterocycles. The second-order valence-electron chi connectivity index (χ2n) is 9.37. The van der Waals surface area contributed by atoms with Crippen LogP contribution >= 0.6 is 11.3 Å². The fourth-order valence-electron chi connectivity index (χ4n) is 4.34. The number of aryl methyl sites for hydroxylation is 2. The Balaban J connectivity index is 1.37. The number of nitro groups is 1. The fraction of sp³-hybridized carbons (Fsp3) is 0.125. The molecule has 4 aromatic carbocycles. The number of nitrogens with zero attached hydrogens (tertiary/aromatic N) is 3. The molecule has 1 aromatic heterocycles. The molecular weight excluding hydrogens is 536 g/mol. The maximum absolute atomic E-state index is 11.2. The Kier molecular flexibility index (Phi) is 8.36. The molecule has 0 radical (unpaired) electrons. The van der Waals surface area contributed by atoms with Gasteiger partial charge >= 0.3 is 0 Å². The van der Waals surface area contributed by atoms with Crippen LogP contribution in [0.2, 0.25) is 0 Å². The summed E-state index contributed by atoms with van der Waals surface area (Å²) in [5, 5.41) is 16.2. The highest BCUT2D eigenvalue weighted by Crippen LogP contribution is 2.40. The van der Waals surface area contributed by atoms with Gasteiger partial charge in [-0.2, -0.15) is 5.10 Å². The van der Waals surface area contributed by atoms with E-state index in [1.807, 2.05) is 68.4 Å². The summed E-state index contributed by atoms with van der Waals surface area (Å²) in [6, 6.07) is 28.3. The van der Waals surface area contributed by atoms with E-state index in [1.54, 1.807) is 25.5 Å². The Hall–Kier alpha value is -5.02. The third-order valence-corrected chi connectivity index (χ3v) is 7.41. The molecule has 0 spiro atoms. The number of hydrogen-bond donors (Lipinski definition) is 1. The first-order chi connectivity index (χ1) is 19.9. The number of non-ortho nitro benzene ring substituents is 1. The van der Waals surface area contributed by atoms with Crippen molar-refractivity contribution in [2.24, 2.45) is 5.10 Å². The largest absolute Gasteiger partial charge is 0.493 e. The van der Waals surface area contributed by atoms with Gasteiger partial charge in [0, 0.05) is 17.7 Å². The fourth-order valence-corrected chi connectivity index (χ4v) is 5.28. The minimum Gasteiger partial charge on any atom is -0.493 e. The number of nitrogens with one attached hydrogen (secondary N) is 1. The summed E-state index contributed by atoms with van der Waals surface area (Å²) in [6.45, 7) is 4.54. The van der Waals surface area contributed by atoms with Gasteiger partial charge in [-0.1, -0.05) is 65.4 Å². The molecule has 41 heavy (non-hydrogen) atoms. The van der Waals surface area contributed by atoms with E-state index in [0.717, 1.165) is 44.0 Å². The first-order valence-corrected chi connectivity index (χ1v) is 13.7. The van der Waals surface area contributed by atoms with Crippen LogP contribution in [0.4, 0.5) is 10.8 Å². The number of ether oxygens (including phenoxy) is 2. The summed E-state index contributed by atoms with van der Waals surface area (Å²) in [5.41, 5.74) is 9.87. The van der Waals surface area contributed by atoms with Gasteiger partial charge < -0.3 is 9.47 Å². The number of rotatable bonds is 10. The Morgan fingerprint density at radius 1 is 0.976 bits per heavy atom. The van der Waals surface area contributed by atoms with Crippen LogP contribution in [0.5, 0.6) is 11.5 Å². The molecule has 8 nitrogen and oxygen atoms in total. The highest BCUT2D eigenvalue weighted by Gasteiger charge is 2.18. The van der Waals surface area contributed by atoms with Crippen molar-refractivity contribution in [1.82, 2.24) is 4.98 Å². The smallest absolute Gasteiger partial charge is 0.269 e. The van der Waals surface area contributed by atoms with E-state index in [-0.39, 0.29) is 5.69 Å². The Morgan fingerprint density at radius 2 is 1.76 bits per heavy atom. The van der Waals surface area contributed by atoms with Gasteiger partial charge in [0.2, 0.25) is 5.13 Å². The molecule has 206 valence electrons. The van der Waals surface area contributed by atoms with E-state index >= 15 is 0 Å². The lowest BCUT2D eigenvalue weighted by molar-refractivity contribution is -0.384. The molecule has 0 unspecified atom stereocenters. The number of benzene rings is 4. The second-order valence-corrected chi connectivity index (χ2v) is 10.4.